The second kappa shape index (κ2) is 3.51. The number of rotatable bonds is 2. The molecule has 1 aromatic carbocycles. The van der Waals surface area contributed by atoms with Crippen LogP contribution in [0.15, 0.2) is 18.2 Å². The van der Waals surface area contributed by atoms with Gasteiger partial charge in [0, 0.05) is 16.6 Å². The first kappa shape index (κ1) is 12.0. The normalized spacial score (nSPS) is 12.9. The molecule has 0 aliphatic heterocycles. The number of nitrogens with two attached hydrogens (primary N) is 2. The molecule has 0 saturated carbocycles. The molecule has 0 unspecified atom stereocenters. The summed E-state index contributed by atoms with van der Waals surface area (Å²) < 4.78 is 0. The lowest BCUT2D eigenvalue weighted by atomic mass is 9.82. The fourth-order valence-electron chi connectivity index (χ4n) is 1.75. The summed E-state index contributed by atoms with van der Waals surface area (Å²) in [5, 5.41) is 9.85. The lowest BCUT2D eigenvalue weighted by Gasteiger charge is -2.30. The van der Waals surface area contributed by atoms with Gasteiger partial charge in [-0.1, -0.05) is 12.1 Å². The van der Waals surface area contributed by atoms with Gasteiger partial charge in [0.25, 0.3) is 0 Å². The molecule has 15 heavy (non-hydrogen) atoms. The minimum Gasteiger partial charge on any atom is -0.508 e. The Morgan fingerprint density at radius 2 is 1.53 bits per heavy atom. The topological polar surface area (TPSA) is 72.3 Å². The van der Waals surface area contributed by atoms with E-state index >= 15 is 0 Å². The van der Waals surface area contributed by atoms with Crippen molar-refractivity contribution in [3.63, 3.8) is 0 Å². The SMILES string of the molecule is CC(C)(N)c1cccc(O)c1C(C)(C)N. The number of benzene rings is 1. The minimum absolute atomic E-state index is 0.207. The van der Waals surface area contributed by atoms with Crippen molar-refractivity contribution >= 4 is 0 Å². The smallest absolute Gasteiger partial charge is 0.120 e. The van der Waals surface area contributed by atoms with E-state index in [9.17, 15) is 5.11 Å². The Kier molecular flexibility index (Phi) is 2.81. The molecule has 0 aliphatic carbocycles. The molecule has 0 amide bonds. The third-order valence-electron chi connectivity index (χ3n) is 2.38. The van der Waals surface area contributed by atoms with Crippen LogP contribution in [0.1, 0.15) is 38.8 Å². The number of phenolic OH excluding ortho intramolecular Hbond substituents is 1. The zero-order valence-corrected chi connectivity index (χ0v) is 9.83. The van der Waals surface area contributed by atoms with Crippen LogP contribution < -0.4 is 11.5 Å². The van der Waals surface area contributed by atoms with E-state index in [-0.39, 0.29) is 5.75 Å². The van der Waals surface area contributed by atoms with Gasteiger partial charge in [-0.05, 0) is 39.3 Å². The first-order chi connectivity index (χ1) is 6.64. The van der Waals surface area contributed by atoms with Crippen molar-refractivity contribution in [2.45, 2.75) is 38.8 Å². The molecule has 0 radical (unpaired) electrons. The minimum atomic E-state index is -0.600. The standard InChI is InChI=1S/C12H20N2O/c1-11(2,13)8-6-5-7-9(15)10(8)12(3,4)14/h5-7,15H,13-14H2,1-4H3. The molecule has 5 N–H and O–H groups in total. The van der Waals surface area contributed by atoms with E-state index in [1.54, 1.807) is 12.1 Å². The van der Waals surface area contributed by atoms with Crippen molar-refractivity contribution in [2.75, 3.05) is 0 Å². The molecule has 0 bridgehead atoms. The lowest BCUT2D eigenvalue weighted by Crippen LogP contribution is -2.37. The van der Waals surface area contributed by atoms with Gasteiger partial charge >= 0.3 is 0 Å². The molecule has 3 heteroatoms. The van der Waals surface area contributed by atoms with E-state index in [1.807, 2.05) is 33.8 Å². The van der Waals surface area contributed by atoms with Crippen LogP contribution >= 0.6 is 0 Å². The van der Waals surface area contributed by atoms with Gasteiger partial charge in [-0.15, -0.1) is 0 Å². The lowest BCUT2D eigenvalue weighted by molar-refractivity contribution is 0.425. The maximum Gasteiger partial charge on any atom is 0.120 e. The Bertz CT molecular complexity index is 359. The van der Waals surface area contributed by atoms with Crippen molar-refractivity contribution in [1.29, 1.82) is 0 Å². The maximum absolute atomic E-state index is 9.85. The Morgan fingerprint density at radius 1 is 1.00 bits per heavy atom. The summed E-state index contributed by atoms with van der Waals surface area (Å²) in [4.78, 5) is 0. The highest BCUT2D eigenvalue weighted by Crippen LogP contribution is 2.34. The van der Waals surface area contributed by atoms with Gasteiger partial charge < -0.3 is 16.6 Å². The van der Waals surface area contributed by atoms with Crippen molar-refractivity contribution in [3.8, 4) is 5.75 Å². The number of hydrogen-bond donors (Lipinski definition) is 3. The highest BCUT2D eigenvalue weighted by Gasteiger charge is 2.28. The summed E-state index contributed by atoms with van der Waals surface area (Å²) in [5.41, 5.74) is 12.6. The molecule has 0 atom stereocenters. The fraction of sp³-hybridized carbons (Fsp3) is 0.500. The summed E-state index contributed by atoms with van der Waals surface area (Å²) in [6, 6.07) is 5.33. The Morgan fingerprint density at radius 3 is 1.87 bits per heavy atom. The van der Waals surface area contributed by atoms with Crippen LogP contribution in [0.2, 0.25) is 0 Å². The molecule has 0 aliphatic rings. The highest BCUT2D eigenvalue weighted by molar-refractivity contribution is 5.46. The molecule has 0 saturated heterocycles. The summed E-state index contributed by atoms with van der Waals surface area (Å²) in [6.45, 7) is 7.52. The molecule has 0 aromatic heterocycles. The molecule has 0 spiro atoms. The Hall–Kier alpha value is -1.06. The molecule has 0 fully saturated rings. The van der Waals surface area contributed by atoms with Crippen LogP contribution in [0.4, 0.5) is 0 Å². The summed E-state index contributed by atoms with van der Waals surface area (Å²) in [7, 11) is 0. The monoisotopic (exact) mass is 208 g/mol. The van der Waals surface area contributed by atoms with E-state index in [2.05, 4.69) is 0 Å². The highest BCUT2D eigenvalue weighted by atomic mass is 16.3. The van der Waals surface area contributed by atoms with E-state index in [0.717, 1.165) is 11.1 Å². The number of phenols is 1. The number of hydrogen-bond acceptors (Lipinski definition) is 3. The quantitative estimate of drug-likeness (QED) is 0.693. The predicted octanol–water partition coefficient (Wildman–Crippen LogP) is 1.78. The van der Waals surface area contributed by atoms with Gasteiger partial charge in [0.05, 0.1) is 0 Å². The van der Waals surface area contributed by atoms with E-state index in [4.69, 9.17) is 11.5 Å². The zero-order valence-electron chi connectivity index (χ0n) is 9.83. The largest absolute Gasteiger partial charge is 0.508 e. The Balaban J connectivity index is 3.48. The van der Waals surface area contributed by atoms with Crippen LogP contribution in [0.5, 0.6) is 5.75 Å². The molecule has 1 rings (SSSR count). The molecule has 1 aromatic rings. The third kappa shape index (κ3) is 2.49. The first-order valence-electron chi connectivity index (χ1n) is 5.04. The second-order valence-corrected chi connectivity index (χ2v) is 5.14. The third-order valence-corrected chi connectivity index (χ3v) is 2.38. The van der Waals surface area contributed by atoms with Crippen LogP contribution in [0.25, 0.3) is 0 Å². The zero-order chi connectivity index (χ0) is 11.9. The molecular weight excluding hydrogens is 188 g/mol. The van der Waals surface area contributed by atoms with Crippen molar-refractivity contribution in [2.24, 2.45) is 11.5 Å². The number of aromatic hydroxyl groups is 1. The van der Waals surface area contributed by atoms with Crippen molar-refractivity contribution < 1.29 is 5.11 Å². The predicted molar refractivity (Wildman–Crippen MR) is 62.5 cm³/mol. The molecule has 3 nitrogen and oxygen atoms in total. The average molecular weight is 208 g/mol. The summed E-state index contributed by atoms with van der Waals surface area (Å²) in [6.07, 6.45) is 0. The van der Waals surface area contributed by atoms with Gasteiger partial charge in [0.15, 0.2) is 0 Å². The van der Waals surface area contributed by atoms with Gasteiger partial charge in [-0.2, -0.15) is 0 Å². The first-order valence-corrected chi connectivity index (χ1v) is 5.04. The van der Waals surface area contributed by atoms with Gasteiger partial charge in [-0.25, -0.2) is 0 Å². The van der Waals surface area contributed by atoms with Crippen LogP contribution in [-0.2, 0) is 11.1 Å². The van der Waals surface area contributed by atoms with Crippen LogP contribution in [-0.4, -0.2) is 5.11 Å². The van der Waals surface area contributed by atoms with Crippen LogP contribution in [0.3, 0.4) is 0 Å². The summed E-state index contributed by atoms with van der Waals surface area (Å²) in [5.74, 6) is 0.207. The summed E-state index contributed by atoms with van der Waals surface area (Å²) >= 11 is 0. The molecule has 84 valence electrons. The second-order valence-electron chi connectivity index (χ2n) is 5.14. The van der Waals surface area contributed by atoms with E-state index in [0.29, 0.717) is 0 Å². The van der Waals surface area contributed by atoms with Gasteiger partial charge in [0.1, 0.15) is 5.75 Å². The molecular formula is C12H20N2O. The Labute approximate surface area is 91.1 Å². The van der Waals surface area contributed by atoms with Gasteiger partial charge in [-0.3, -0.25) is 0 Å². The molecule has 0 heterocycles. The van der Waals surface area contributed by atoms with Crippen molar-refractivity contribution in [1.82, 2.24) is 0 Å². The fourth-order valence-corrected chi connectivity index (χ4v) is 1.75. The van der Waals surface area contributed by atoms with E-state index < -0.39 is 11.1 Å². The average Bonchev–Trinajstić information content (AvgIpc) is 1.99. The van der Waals surface area contributed by atoms with Gasteiger partial charge in [0.2, 0.25) is 0 Å². The van der Waals surface area contributed by atoms with Crippen LogP contribution in [0, 0.1) is 0 Å². The maximum atomic E-state index is 9.85. The van der Waals surface area contributed by atoms with Crippen molar-refractivity contribution in [3.05, 3.63) is 29.3 Å². The van der Waals surface area contributed by atoms with E-state index in [1.165, 1.54) is 0 Å².